The normalized spacial score (nSPS) is 11.2. The molecule has 0 spiro atoms. The quantitative estimate of drug-likeness (QED) is 0.725. The maximum atomic E-state index is 12.6. The maximum Gasteiger partial charge on any atom is 0.247 e. The molecule has 0 fully saturated rings. The van der Waals surface area contributed by atoms with Gasteiger partial charge in [0, 0.05) is 19.7 Å². The molecule has 0 atom stereocenters. The summed E-state index contributed by atoms with van der Waals surface area (Å²) in [5.74, 6) is 0.705. The molecule has 4 heteroatoms. The Hall–Kier alpha value is -2.33. The van der Waals surface area contributed by atoms with Crippen LogP contribution >= 0.6 is 0 Å². The number of ether oxygens (including phenoxy) is 1. The van der Waals surface area contributed by atoms with Crippen LogP contribution in [0.25, 0.3) is 6.08 Å². The van der Waals surface area contributed by atoms with Crippen LogP contribution in [0.15, 0.2) is 41.0 Å². The van der Waals surface area contributed by atoms with Gasteiger partial charge in [0.25, 0.3) is 0 Å². The van der Waals surface area contributed by atoms with E-state index in [1.165, 1.54) is 11.1 Å². The summed E-state index contributed by atoms with van der Waals surface area (Å²) < 4.78 is 10.4. The number of furan rings is 1. The average Bonchev–Trinajstić information content (AvgIpc) is 3.06. The van der Waals surface area contributed by atoms with Crippen LogP contribution in [0.3, 0.4) is 0 Å². The number of benzene rings is 1. The molecule has 0 saturated carbocycles. The smallest absolute Gasteiger partial charge is 0.247 e. The Labute approximate surface area is 143 Å². The van der Waals surface area contributed by atoms with Crippen molar-refractivity contribution in [1.82, 2.24) is 4.90 Å². The molecule has 0 radical (unpaired) electrons. The molecule has 24 heavy (non-hydrogen) atoms. The highest BCUT2D eigenvalue weighted by molar-refractivity contribution is 5.92. The van der Waals surface area contributed by atoms with Crippen LogP contribution in [0.2, 0.25) is 0 Å². The third-order valence-electron chi connectivity index (χ3n) is 4.09. The lowest BCUT2D eigenvalue weighted by atomic mass is 10.0. The Morgan fingerprint density at radius 3 is 2.62 bits per heavy atom. The highest BCUT2D eigenvalue weighted by Crippen LogP contribution is 2.17. The molecule has 1 heterocycles. The molecule has 0 aliphatic rings. The minimum atomic E-state index is -0.0546. The molecule has 1 amide bonds. The summed E-state index contributed by atoms with van der Waals surface area (Å²) >= 11 is 0. The second-order valence-corrected chi connectivity index (χ2v) is 5.96. The molecule has 0 saturated heterocycles. The monoisotopic (exact) mass is 327 g/mol. The zero-order chi connectivity index (χ0) is 17.5. The first kappa shape index (κ1) is 18.0. The van der Waals surface area contributed by atoms with E-state index in [1.54, 1.807) is 24.3 Å². The second kappa shape index (κ2) is 8.50. The standard InChI is InChI=1S/C20H25NO3/c1-15-12-17(3)18(13-16(15)2)7-8-20(22)21(9-11-23-4)14-19-6-5-10-24-19/h5-8,10,12-13H,9,11,14H2,1-4H3/b8-7+. The van der Waals surface area contributed by atoms with Crippen molar-refractivity contribution in [3.05, 3.63) is 64.6 Å². The molecular weight excluding hydrogens is 302 g/mol. The van der Waals surface area contributed by atoms with Crippen LogP contribution in [0.5, 0.6) is 0 Å². The van der Waals surface area contributed by atoms with Crippen molar-refractivity contribution < 1.29 is 13.9 Å². The lowest BCUT2D eigenvalue weighted by Crippen LogP contribution is -2.31. The number of carbonyl (C=O) groups is 1. The van der Waals surface area contributed by atoms with E-state index in [-0.39, 0.29) is 5.91 Å². The van der Waals surface area contributed by atoms with E-state index >= 15 is 0 Å². The fourth-order valence-corrected chi connectivity index (χ4v) is 2.49. The minimum absolute atomic E-state index is 0.0546. The van der Waals surface area contributed by atoms with Crippen LogP contribution in [0.4, 0.5) is 0 Å². The van der Waals surface area contributed by atoms with Crippen molar-refractivity contribution in [2.75, 3.05) is 20.3 Å². The summed E-state index contributed by atoms with van der Waals surface area (Å²) in [6.45, 7) is 7.68. The number of rotatable bonds is 7. The predicted molar refractivity (Wildman–Crippen MR) is 95.7 cm³/mol. The molecule has 1 aromatic carbocycles. The van der Waals surface area contributed by atoms with E-state index in [1.807, 2.05) is 18.2 Å². The predicted octanol–water partition coefficient (Wildman–Crippen LogP) is 3.89. The molecule has 0 bridgehead atoms. The SMILES string of the molecule is COCCN(Cc1ccco1)C(=O)/C=C/c1cc(C)c(C)cc1C. The number of aryl methyl sites for hydroxylation is 3. The van der Waals surface area contributed by atoms with Crippen LogP contribution in [0, 0.1) is 20.8 Å². The van der Waals surface area contributed by atoms with Crippen LogP contribution in [-0.2, 0) is 16.1 Å². The first-order chi connectivity index (χ1) is 11.5. The summed E-state index contributed by atoms with van der Waals surface area (Å²) in [5.41, 5.74) is 4.71. The van der Waals surface area contributed by atoms with Crippen molar-refractivity contribution >= 4 is 12.0 Å². The van der Waals surface area contributed by atoms with Gasteiger partial charge in [0.15, 0.2) is 0 Å². The first-order valence-corrected chi connectivity index (χ1v) is 8.07. The van der Waals surface area contributed by atoms with Crippen molar-refractivity contribution in [3.63, 3.8) is 0 Å². The fraction of sp³-hybridized carbons (Fsp3) is 0.350. The Kier molecular flexibility index (Phi) is 6.38. The second-order valence-electron chi connectivity index (χ2n) is 5.96. The summed E-state index contributed by atoms with van der Waals surface area (Å²) in [5, 5.41) is 0. The maximum absolute atomic E-state index is 12.6. The van der Waals surface area contributed by atoms with Gasteiger partial charge in [0.05, 0.1) is 19.4 Å². The van der Waals surface area contributed by atoms with Gasteiger partial charge in [-0.05, 0) is 61.2 Å². The van der Waals surface area contributed by atoms with Crippen molar-refractivity contribution in [1.29, 1.82) is 0 Å². The highest BCUT2D eigenvalue weighted by atomic mass is 16.5. The van der Waals surface area contributed by atoms with E-state index in [2.05, 4.69) is 32.9 Å². The third-order valence-corrected chi connectivity index (χ3v) is 4.09. The summed E-state index contributed by atoms with van der Waals surface area (Å²) in [6, 6.07) is 7.94. The number of carbonyl (C=O) groups excluding carboxylic acids is 1. The van der Waals surface area contributed by atoms with Crippen LogP contribution < -0.4 is 0 Å². The van der Waals surface area contributed by atoms with Gasteiger partial charge in [-0.1, -0.05) is 12.1 Å². The van der Waals surface area contributed by atoms with Gasteiger partial charge < -0.3 is 14.1 Å². The lowest BCUT2D eigenvalue weighted by Gasteiger charge is -2.19. The Morgan fingerprint density at radius 2 is 1.96 bits per heavy atom. The van der Waals surface area contributed by atoms with Gasteiger partial charge in [-0.15, -0.1) is 0 Å². The van der Waals surface area contributed by atoms with E-state index in [0.29, 0.717) is 19.7 Å². The minimum Gasteiger partial charge on any atom is -0.467 e. The van der Waals surface area contributed by atoms with Gasteiger partial charge in [-0.25, -0.2) is 0 Å². The van der Waals surface area contributed by atoms with Crippen LogP contribution in [-0.4, -0.2) is 31.1 Å². The highest BCUT2D eigenvalue weighted by Gasteiger charge is 2.12. The first-order valence-electron chi connectivity index (χ1n) is 8.07. The van der Waals surface area contributed by atoms with Crippen molar-refractivity contribution in [2.24, 2.45) is 0 Å². The molecular formula is C20H25NO3. The van der Waals surface area contributed by atoms with Gasteiger partial charge in [0.1, 0.15) is 5.76 Å². The number of hydrogen-bond acceptors (Lipinski definition) is 3. The van der Waals surface area contributed by atoms with Crippen LogP contribution in [0.1, 0.15) is 28.0 Å². The molecule has 0 unspecified atom stereocenters. The van der Waals surface area contributed by atoms with E-state index in [9.17, 15) is 4.79 Å². The molecule has 4 nitrogen and oxygen atoms in total. The number of amides is 1. The molecule has 1 aromatic heterocycles. The fourth-order valence-electron chi connectivity index (χ4n) is 2.49. The summed E-state index contributed by atoms with van der Waals surface area (Å²) in [6.07, 6.45) is 5.12. The topological polar surface area (TPSA) is 42.7 Å². The lowest BCUT2D eigenvalue weighted by molar-refractivity contribution is -0.127. The Balaban J connectivity index is 2.12. The Bertz CT molecular complexity index is 702. The van der Waals surface area contributed by atoms with E-state index in [4.69, 9.17) is 9.15 Å². The number of methoxy groups -OCH3 is 1. The summed E-state index contributed by atoms with van der Waals surface area (Å²) in [4.78, 5) is 14.3. The number of hydrogen-bond donors (Lipinski definition) is 0. The summed E-state index contributed by atoms with van der Waals surface area (Å²) in [7, 11) is 1.63. The Morgan fingerprint density at radius 1 is 1.21 bits per heavy atom. The van der Waals surface area contributed by atoms with Crippen molar-refractivity contribution in [3.8, 4) is 0 Å². The molecule has 0 N–H and O–H groups in total. The van der Waals surface area contributed by atoms with Gasteiger partial charge in [0.2, 0.25) is 5.91 Å². The molecule has 0 aliphatic carbocycles. The molecule has 2 rings (SSSR count). The average molecular weight is 327 g/mol. The zero-order valence-corrected chi connectivity index (χ0v) is 14.8. The molecule has 128 valence electrons. The van der Waals surface area contributed by atoms with Gasteiger partial charge >= 0.3 is 0 Å². The van der Waals surface area contributed by atoms with Gasteiger partial charge in [-0.2, -0.15) is 0 Å². The molecule has 0 aliphatic heterocycles. The van der Waals surface area contributed by atoms with Gasteiger partial charge in [-0.3, -0.25) is 4.79 Å². The largest absolute Gasteiger partial charge is 0.467 e. The molecule has 2 aromatic rings. The third kappa shape index (κ3) is 4.83. The number of nitrogens with zero attached hydrogens (tertiary/aromatic N) is 1. The van der Waals surface area contributed by atoms with E-state index < -0.39 is 0 Å². The van der Waals surface area contributed by atoms with E-state index in [0.717, 1.165) is 16.9 Å². The zero-order valence-electron chi connectivity index (χ0n) is 14.8. The van der Waals surface area contributed by atoms with Crippen molar-refractivity contribution in [2.45, 2.75) is 27.3 Å².